The molecule has 0 aromatic heterocycles. The Labute approximate surface area is 140 Å². The summed E-state index contributed by atoms with van der Waals surface area (Å²) in [4.78, 5) is 21.9. The van der Waals surface area contributed by atoms with Gasteiger partial charge in [0.2, 0.25) is 0 Å². The van der Waals surface area contributed by atoms with Gasteiger partial charge < -0.3 is 10.4 Å². The summed E-state index contributed by atoms with van der Waals surface area (Å²) in [6.45, 7) is 1.39. The van der Waals surface area contributed by atoms with Gasteiger partial charge in [-0.25, -0.2) is 0 Å². The highest BCUT2D eigenvalue weighted by atomic mass is 16.6. The van der Waals surface area contributed by atoms with Gasteiger partial charge in [-0.15, -0.1) is 0 Å². The summed E-state index contributed by atoms with van der Waals surface area (Å²) >= 11 is 0. The molecule has 0 saturated carbocycles. The zero-order chi connectivity index (χ0) is 17.4. The minimum absolute atomic E-state index is 0.0189. The predicted octanol–water partition coefficient (Wildman–Crippen LogP) is 2.56. The number of ketones is 1. The lowest BCUT2D eigenvalue weighted by Crippen LogP contribution is -2.24. The summed E-state index contributed by atoms with van der Waals surface area (Å²) in [5, 5.41) is 22.1. The van der Waals surface area contributed by atoms with Crippen LogP contribution in [-0.4, -0.2) is 35.0 Å². The topological polar surface area (TPSA) is 92.5 Å². The van der Waals surface area contributed by atoms with E-state index in [0.29, 0.717) is 23.8 Å². The normalized spacial score (nSPS) is 16.1. The monoisotopic (exact) mass is 328 g/mol. The van der Waals surface area contributed by atoms with Gasteiger partial charge >= 0.3 is 0 Å². The Kier molecular flexibility index (Phi) is 6.60. The Balaban J connectivity index is 0.000000249. The molecule has 2 aromatic carbocycles. The quantitative estimate of drug-likeness (QED) is 0.511. The van der Waals surface area contributed by atoms with Gasteiger partial charge in [-0.1, -0.05) is 30.3 Å². The minimum Gasteiger partial charge on any atom is -0.395 e. The van der Waals surface area contributed by atoms with Crippen molar-refractivity contribution >= 4 is 11.5 Å². The van der Waals surface area contributed by atoms with Gasteiger partial charge in [-0.3, -0.25) is 14.9 Å². The summed E-state index contributed by atoms with van der Waals surface area (Å²) < 4.78 is 0. The van der Waals surface area contributed by atoms with Gasteiger partial charge in [-0.2, -0.15) is 0 Å². The van der Waals surface area contributed by atoms with Crippen LogP contribution in [0.25, 0.3) is 0 Å². The predicted molar refractivity (Wildman–Crippen MR) is 91.1 cm³/mol. The van der Waals surface area contributed by atoms with Gasteiger partial charge in [0.1, 0.15) is 0 Å². The lowest BCUT2D eigenvalue weighted by Gasteiger charge is -2.01. The number of rotatable bonds is 4. The van der Waals surface area contributed by atoms with Crippen LogP contribution in [0.4, 0.5) is 5.69 Å². The van der Waals surface area contributed by atoms with E-state index in [1.54, 1.807) is 24.3 Å². The second-order valence-electron chi connectivity index (χ2n) is 5.47. The number of aliphatic hydroxyl groups excluding tert-OH is 1. The average Bonchev–Trinajstić information content (AvgIpc) is 3.16. The summed E-state index contributed by atoms with van der Waals surface area (Å²) in [5.74, 6) is -0.138. The van der Waals surface area contributed by atoms with E-state index < -0.39 is 4.92 Å². The average molecular weight is 328 g/mol. The molecular formula is C18H20N2O4. The molecule has 6 heteroatoms. The first kappa shape index (κ1) is 17.8. The van der Waals surface area contributed by atoms with Crippen molar-refractivity contribution < 1.29 is 14.8 Å². The molecule has 1 aliphatic rings. The standard InChI is InChI=1S/C13H9NO3.C5H11NO/c15-13(10-4-2-1-3-5-10)11-6-8-12(9-7-11)14(16)17;7-4-5-2-1-3-6-5/h1-9H;5-7H,1-4H2. The van der Waals surface area contributed by atoms with Gasteiger partial charge in [0.15, 0.2) is 5.78 Å². The molecule has 0 radical (unpaired) electrons. The lowest BCUT2D eigenvalue weighted by molar-refractivity contribution is -0.384. The molecule has 1 atom stereocenters. The second-order valence-corrected chi connectivity index (χ2v) is 5.47. The SMILES string of the molecule is O=C(c1ccccc1)c1ccc([N+](=O)[O-])cc1.OCC1CCCN1. The number of nitro benzene ring substituents is 1. The van der Waals surface area contributed by atoms with E-state index in [0.717, 1.165) is 13.0 Å². The number of carbonyl (C=O) groups is 1. The largest absolute Gasteiger partial charge is 0.395 e. The van der Waals surface area contributed by atoms with Crippen molar-refractivity contribution in [3.8, 4) is 0 Å². The third-order valence-electron chi connectivity index (χ3n) is 3.76. The maximum absolute atomic E-state index is 12.0. The fourth-order valence-electron chi connectivity index (χ4n) is 2.40. The fraction of sp³-hybridized carbons (Fsp3) is 0.278. The second kappa shape index (κ2) is 8.90. The van der Waals surface area contributed by atoms with Crippen molar-refractivity contribution in [2.45, 2.75) is 18.9 Å². The number of hydrogen-bond donors (Lipinski definition) is 2. The van der Waals surface area contributed by atoms with Gasteiger partial charge in [0, 0.05) is 29.3 Å². The zero-order valence-corrected chi connectivity index (χ0v) is 13.2. The maximum atomic E-state index is 12.0. The van der Waals surface area contributed by atoms with E-state index in [9.17, 15) is 14.9 Å². The molecule has 1 unspecified atom stereocenters. The van der Waals surface area contributed by atoms with Crippen LogP contribution in [0.3, 0.4) is 0 Å². The van der Waals surface area contributed by atoms with Crippen molar-refractivity contribution in [1.29, 1.82) is 0 Å². The molecule has 0 spiro atoms. The van der Waals surface area contributed by atoms with E-state index in [1.807, 2.05) is 6.07 Å². The molecule has 6 nitrogen and oxygen atoms in total. The molecular weight excluding hydrogens is 308 g/mol. The Morgan fingerprint density at radius 3 is 2.21 bits per heavy atom. The van der Waals surface area contributed by atoms with Crippen LogP contribution in [0, 0.1) is 10.1 Å². The first-order valence-corrected chi connectivity index (χ1v) is 7.80. The van der Waals surface area contributed by atoms with E-state index in [-0.39, 0.29) is 11.5 Å². The van der Waals surface area contributed by atoms with E-state index in [1.165, 1.54) is 30.7 Å². The minimum atomic E-state index is -0.489. The molecule has 0 amide bonds. The number of nitro groups is 1. The van der Waals surface area contributed by atoms with Gasteiger partial charge in [0.05, 0.1) is 11.5 Å². The van der Waals surface area contributed by atoms with Crippen LogP contribution in [0.5, 0.6) is 0 Å². The van der Waals surface area contributed by atoms with E-state index in [2.05, 4.69) is 5.32 Å². The smallest absolute Gasteiger partial charge is 0.269 e. The molecule has 2 aromatic rings. The molecule has 2 N–H and O–H groups in total. The van der Waals surface area contributed by atoms with Crippen LogP contribution in [0.1, 0.15) is 28.8 Å². The van der Waals surface area contributed by atoms with Gasteiger partial charge in [-0.05, 0) is 31.5 Å². The molecule has 126 valence electrons. The Morgan fingerprint density at radius 1 is 1.12 bits per heavy atom. The first-order valence-electron chi connectivity index (χ1n) is 7.80. The number of carbonyl (C=O) groups excluding carboxylic acids is 1. The summed E-state index contributed by atoms with van der Waals surface area (Å²) in [6.07, 6.45) is 2.38. The number of non-ortho nitro benzene ring substituents is 1. The van der Waals surface area contributed by atoms with Crippen molar-refractivity contribution in [2.24, 2.45) is 0 Å². The Hall–Kier alpha value is -2.57. The number of nitrogens with zero attached hydrogens (tertiary/aromatic N) is 1. The summed E-state index contributed by atoms with van der Waals surface area (Å²) in [5.41, 5.74) is 0.998. The third kappa shape index (κ3) is 4.97. The molecule has 1 saturated heterocycles. The highest BCUT2D eigenvalue weighted by Crippen LogP contribution is 2.15. The van der Waals surface area contributed by atoms with Crippen molar-refractivity contribution in [3.63, 3.8) is 0 Å². The number of benzene rings is 2. The van der Waals surface area contributed by atoms with Crippen LogP contribution in [0.2, 0.25) is 0 Å². The first-order chi connectivity index (χ1) is 11.6. The van der Waals surface area contributed by atoms with Crippen LogP contribution < -0.4 is 5.32 Å². The fourth-order valence-corrected chi connectivity index (χ4v) is 2.40. The summed E-state index contributed by atoms with van der Waals surface area (Å²) in [6, 6.07) is 14.8. The molecule has 0 aliphatic carbocycles. The van der Waals surface area contributed by atoms with Crippen LogP contribution in [-0.2, 0) is 0 Å². The third-order valence-corrected chi connectivity index (χ3v) is 3.76. The molecule has 1 aliphatic heterocycles. The lowest BCUT2D eigenvalue weighted by atomic mass is 10.0. The number of hydrogen-bond acceptors (Lipinski definition) is 5. The molecule has 3 rings (SSSR count). The van der Waals surface area contributed by atoms with Crippen LogP contribution >= 0.6 is 0 Å². The number of aliphatic hydroxyl groups is 1. The maximum Gasteiger partial charge on any atom is 0.269 e. The molecule has 1 fully saturated rings. The van der Waals surface area contributed by atoms with E-state index >= 15 is 0 Å². The zero-order valence-electron chi connectivity index (χ0n) is 13.2. The number of nitrogens with one attached hydrogen (secondary N) is 1. The Bertz CT molecular complexity index is 665. The summed E-state index contributed by atoms with van der Waals surface area (Å²) in [7, 11) is 0. The molecule has 0 bridgehead atoms. The Morgan fingerprint density at radius 2 is 1.75 bits per heavy atom. The van der Waals surface area contributed by atoms with Crippen LogP contribution in [0.15, 0.2) is 54.6 Å². The highest BCUT2D eigenvalue weighted by Gasteiger charge is 2.11. The van der Waals surface area contributed by atoms with E-state index in [4.69, 9.17) is 5.11 Å². The van der Waals surface area contributed by atoms with Crippen molar-refractivity contribution in [2.75, 3.05) is 13.2 Å². The van der Waals surface area contributed by atoms with Crippen molar-refractivity contribution in [1.82, 2.24) is 5.32 Å². The van der Waals surface area contributed by atoms with Crippen molar-refractivity contribution in [3.05, 3.63) is 75.8 Å². The highest BCUT2D eigenvalue weighted by molar-refractivity contribution is 6.09. The van der Waals surface area contributed by atoms with Gasteiger partial charge in [0.25, 0.3) is 5.69 Å². The molecule has 1 heterocycles. The molecule has 24 heavy (non-hydrogen) atoms.